The van der Waals surface area contributed by atoms with E-state index >= 15 is 0 Å². The second-order valence-corrected chi connectivity index (χ2v) is 5.85. The number of anilines is 1. The Bertz CT molecular complexity index is 529. The summed E-state index contributed by atoms with van der Waals surface area (Å²) in [7, 11) is 0. The first-order chi connectivity index (χ1) is 10.7. The zero-order valence-electron chi connectivity index (χ0n) is 14.3. The highest BCUT2D eigenvalue weighted by Gasteiger charge is 2.33. The van der Waals surface area contributed by atoms with Crippen molar-refractivity contribution >= 4 is 5.69 Å². The molecule has 1 fully saturated rings. The van der Waals surface area contributed by atoms with Crippen LogP contribution in [0.5, 0.6) is 0 Å². The average molecular weight is 299 g/mol. The number of hydrogen-bond donors (Lipinski definition) is 1. The predicted octanol–water partition coefficient (Wildman–Crippen LogP) is 3.72. The molecule has 3 heterocycles. The molecule has 0 spiro atoms. The van der Waals surface area contributed by atoms with Gasteiger partial charge in [0.2, 0.25) is 0 Å². The van der Waals surface area contributed by atoms with Crippen LogP contribution in [0.1, 0.15) is 39.8 Å². The Labute approximate surface area is 135 Å². The number of aromatic nitrogens is 1. The normalized spacial score (nSPS) is 23.8. The number of piperazine rings is 1. The standard InChI is InChI=1S/C15H21N3.C4H8/c1-3-12-6-7-13-14(5-4-8-17-13)18-10-9-16-11(2)15(12)18;1-3-4-2/h4-6,8,11,15-16H,3,7,9-10H2,1-2H3;3-4H,1-2H3/b;4-3-. The van der Waals surface area contributed by atoms with Crippen LogP contribution < -0.4 is 10.2 Å². The minimum absolute atomic E-state index is 0.495. The molecule has 3 heteroatoms. The SMILES string of the molecule is C/C=C\C.CCC1=CCc2ncccc2N2CCNC(C)C12. The van der Waals surface area contributed by atoms with Crippen molar-refractivity contribution < 1.29 is 0 Å². The second kappa shape index (κ2) is 8.14. The largest absolute Gasteiger partial charge is 0.360 e. The highest BCUT2D eigenvalue weighted by Crippen LogP contribution is 2.32. The molecule has 1 aromatic rings. The Morgan fingerprint density at radius 2 is 2.14 bits per heavy atom. The number of pyridine rings is 1. The summed E-state index contributed by atoms with van der Waals surface area (Å²) in [5, 5.41) is 3.60. The fourth-order valence-corrected chi connectivity index (χ4v) is 3.28. The number of allylic oxidation sites excluding steroid dienone is 3. The van der Waals surface area contributed by atoms with Crippen LogP contribution in [0, 0.1) is 0 Å². The Morgan fingerprint density at radius 3 is 2.82 bits per heavy atom. The average Bonchev–Trinajstić information content (AvgIpc) is 2.73. The molecule has 120 valence electrons. The molecule has 22 heavy (non-hydrogen) atoms. The number of rotatable bonds is 1. The Hall–Kier alpha value is -1.61. The highest BCUT2D eigenvalue weighted by molar-refractivity contribution is 5.56. The molecular formula is C19H29N3. The Kier molecular flexibility index (Phi) is 6.20. The van der Waals surface area contributed by atoms with Crippen molar-refractivity contribution in [1.29, 1.82) is 0 Å². The summed E-state index contributed by atoms with van der Waals surface area (Å²) in [6.07, 6.45) is 10.4. The molecule has 0 aliphatic carbocycles. The minimum Gasteiger partial charge on any atom is -0.360 e. The number of fused-ring (bicyclic) bond motifs is 3. The zero-order chi connectivity index (χ0) is 15.9. The lowest BCUT2D eigenvalue weighted by Crippen LogP contribution is -2.57. The van der Waals surface area contributed by atoms with Gasteiger partial charge in [-0.05, 0) is 39.3 Å². The van der Waals surface area contributed by atoms with Gasteiger partial charge in [-0.25, -0.2) is 0 Å². The van der Waals surface area contributed by atoms with E-state index in [1.165, 1.54) is 11.4 Å². The molecule has 3 nitrogen and oxygen atoms in total. The van der Waals surface area contributed by atoms with Gasteiger partial charge in [0.25, 0.3) is 0 Å². The van der Waals surface area contributed by atoms with Crippen molar-refractivity contribution in [3.05, 3.63) is 47.8 Å². The molecule has 2 atom stereocenters. The lowest BCUT2D eigenvalue weighted by molar-refractivity contribution is 0.413. The Balaban J connectivity index is 0.000000396. The molecule has 0 bridgehead atoms. The second-order valence-electron chi connectivity index (χ2n) is 5.85. The van der Waals surface area contributed by atoms with Crippen molar-refractivity contribution in [2.45, 2.75) is 52.6 Å². The van der Waals surface area contributed by atoms with E-state index in [0.29, 0.717) is 12.1 Å². The topological polar surface area (TPSA) is 28.2 Å². The Morgan fingerprint density at radius 1 is 1.36 bits per heavy atom. The summed E-state index contributed by atoms with van der Waals surface area (Å²) in [4.78, 5) is 7.10. The monoisotopic (exact) mass is 299 g/mol. The van der Waals surface area contributed by atoms with Crippen LogP contribution in [0.4, 0.5) is 5.69 Å². The fraction of sp³-hybridized carbons (Fsp3) is 0.526. The third-order valence-electron chi connectivity index (χ3n) is 4.48. The lowest BCUT2D eigenvalue weighted by atomic mass is 9.94. The van der Waals surface area contributed by atoms with Crippen LogP contribution in [-0.2, 0) is 6.42 Å². The van der Waals surface area contributed by atoms with Gasteiger partial charge >= 0.3 is 0 Å². The van der Waals surface area contributed by atoms with E-state index in [1.54, 1.807) is 5.57 Å². The lowest BCUT2D eigenvalue weighted by Gasteiger charge is -2.43. The van der Waals surface area contributed by atoms with Crippen LogP contribution in [0.25, 0.3) is 0 Å². The van der Waals surface area contributed by atoms with Crippen molar-refractivity contribution in [2.24, 2.45) is 0 Å². The van der Waals surface area contributed by atoms with Crippen molar-refractivity contribution in [2.75, 3.05) is 18.0 Å². The van der Waals surface area contributed by atoms with Gasteiger partial charge < -0.3 is 10.2 Å². The molecule has 0 aromatic carbocycles. The minimum atomic E-state index is 0.495. The van der Waals surface area contributed by atoms with Crippen LogP contribution >= 0.6 is 0 Å². The third-order valence-corrected chi connectivity index (χ3v) is 4.48. The van der Waals surface area contributed by atoms with Crippen molar-refractivity contribution in [3.63, 3.8) is 0 Å². The molecule has 2 aliphatic rings. The molecule has 2 aliphatic heterocycles. The van der Waals surface area contributed by atoms with Crippen LogP contribution in [0.15, 0.2) is 42.1 Å². The summed E-state index contributed by atoms with van der Waals surface area (Å²) in [5.74, 6) is 0. The van der Waals surface area contributed by atoms with Gasteiger partial charge in [-0.15, -0.1) is 0 Å². The number of nitrogens with zero attached hydrogens (tertiary/aromatic N) is 2. The van der Waals surface area contributed by atoms with Gasteiger partial charge in [-0.3, -0.25) is 4.98 Å². The molecule has 1 aromatic heterocycles. The molecule has 1 saturated heterocycles. The van der Waals surface area contributed by atoms with E-state index in [4.69, 9.17) is 0 Å². The molecular weight excluding hydrogens is 270 g/mol. The van der Waals surface area contributed by atoms with Gasteiger partial charge in [0.1, 0.15) is 0 Å². The smallest absolute Gasteiger partial charge is 0.0674 e. The van der Waals surface area contributed by atoms with Gasteiger partial charge in [0, 0.05) is 31.7 Å². The van der Waals surface area contributed by atoms with E-state index < -0.39 is 0 Å². The zero-order valence-corrected chi connectivity index (χ0v) is 14.3. The first-order valence-electron chi connectivity index (χ1n) is 8.43. The molecule has 0 amide bonds. The number of hydrogen-bond acceptors (Lipinski definition) is 3. The van der Waals surface area contributed by atoms with Crippen LogP contribution in [0.2, 0.25) is 0 Å². The first-order valence-corrected chi connectivity index (χ1v) is 8.43. The van der Waals surface area contributed by atoms with Crippen molar-refractivity contribution in [3.8, 4) is 0 Å². The maximum atomic E-state index is 4.56. The summed E-state index contributed by atoms with van der Waals surface area (Å²) in [5.41, 5.74) is 4.10. The van der Waals surface area contributed by atoms with Crippen molar-refractivity contribution in [1.82, 2.24) is 10.3 Å². The predicted molar refractivity (Wildman–Crippen MR) is 95.4 cm³/mol. The molecule has 1 N–H and O–H groups in total. The van der Waals surface area contributed by atoms with E-state index in [9.17, 15) is 0 Å². The molecule has 2 unspecified atom stereocenters. The van der Waals surface area contributed by atoms with Gasteiger partial charge in [-0.2, -0.15) is 0 Å². The number of nitrogens with one attached hydrogen (secondary N) is 1. The van der Waals surface area contributed by atoms with Crippen LogP contribution in [-0.4, -0.2) is 30.2 Å². The van der Waals surface area contributed by atoms with Gasteiger partial charge in [0.05, 0.1) is 17.4 Å². The summed E-state index contributed by atoms with van der Waals surface area (Å²) in [6, 6.07) is 5.28. The summed E-state index contributed by atoms with van der Waals surface area (Å²) < 4.78 is 0. The summed E-state index contributed by atoms with van der Waals surface area (Å²) >= 11 is 0. The maximum absolute atomic E-state index is 4.56. The van der Waals surface area contributed by atoms with E-state index in [-0.39, 0.29) is 0 Å². The van der Waals surface area contributed by atoms with Crippen LogP contribution in [0.3, 0.4) is 0 Å². The highest BCUT2D eigenvalue weighted by atomic mass is 15.2. The van der Waals surface area contributed by atoms with E-state index in [0.717, 1.165) is 25.9 Å². The molecule has 0 saturated carbocycles. The van der Waals surface area contributed by atoms with E-state index in [2.05, 4.69) is 47.3 Å². The van der Waals surface area contributed by atoms with Gasteiger partial charge in [-0.1, -0.05) is 30.7 Å². The van der Waals surface area contributed by atoms with Gasteiger partial charge in [0.15, 0.2) is 0 Å². The summed E-state index contributed by atoms with van der Waals surface area (Å²) in [6.45, 7) is 10.7. The first kappa shape index (κ1) is 16.8. The molecule has 0 radical (unpaired) electrons. The van der Waals surface area contributed by atoms with E-state index in [1.807, 2.05) is 32.2 Å². The fourth-order valence-electron chi connectivity index (χ4n) is 3.28. The molecule has 3 rings (SSSR count). The quantitative estimate of drug-likeness (QED) is 0.801. The third kappa shape index (κ3) is 3.58. The maximum Gasteiger partial charge on any atom is 0.0674 e.